The lowest BCUT2D eigenvalue weighted by Crippen LogP contribution is -2.41. The Morgan fingerprint density at radius 3 is 2.08 bits per heavy atom. The number of rotatable bonds is 5. The van der Waals surface area contributed by atoms with Crippen LogP contribution in [0, 0.1) is 0 Å². The molecule has 1 amide bonds. The smallest absolute Gasteiger partial charge is 0.400 e. The second-order valence-corrected chi connectivity index (χ2v) is 8.57. The monoisotopic (exact) mass is 383 g/mol. The molecule has 2 rings (SSSR count). The Hall–Kier alpha value is -1.71. The molecule has 0 atom stereocenters. The summed E-state index contributed by atoms with van der Waals surface area (Å²) in [7, 11) is -5.41. The van der Waals surface area contributed by atoms with Crippen molar-refractivity contribution >= 4 is 29.3 Å². The average Bonchev–Trinajstić information content (AvgIpc) is 2.71. The van der Waals surface area contributed by atoms with Crippen LogP contribution in [0.5, 0.6) is 0 Å². The summed E-state index contributed by atoms with van der Waals surface area (Å²) in [6, 6.07) is 5.32. The van der Waals surface area contributed by atoms with Crippen LogP contribution in [0.25, 0.3) is 6.08 Å². The predicted octanol–water partition coefficient (Wildman–Crippen LogP) is 2.50. The second-order valence-electron chi connectivity index (χ2n) is 7.22. The van der Waals surface area contributed by atoms with E-state index < -0.39 is 33.4 Å². The van der Waals surface area contributed by atoms with Gasteiger partial charge in [-0.1, -0.05) is 18.2 Å². The van der Waals surface area contributed by atoms with Gasteiger partial charge in [0, 0.05) is 13.5 Å². The Balaban J connectivity index is 2.33. The van der Waals surface area contributed by atoms with Gasteiger partial charge in [0.1, 0.15) is 0 Å². The quantitative estimate of drug-likeness (QED) is 0.624. The third-order valence-corrected chi connectivity index (χ3v) is 5.45. The van der Waals surface area contributed by atoms with Crippen LogP contribution in [0.4, 0.5) is 3.89 Å². The molecule has 1 aromatic rings. The zero-order valence-electron chi connectivity index (χ0n) is 15.5. The Morgan fingerprint density at radius 2 is 1.65 bits per heavy atom. The highest BCUT2D eigenvalue weighted by Crippen LogP contribution is 2.38. The van der Waals surface area contributed by atoms with Crippen molar-refractivity contribution in [1.82, 2.24) is 5.32 Å². The topological polar surface area (TPSA) is 81.7 Å². The van der Waals surface area contributed by atoms with E-state index in [1.807, 2.05) is 27.7 Å². The van der Waals surface area contributed by atoms with Crippen LogP contribution in [0.3, 0.4) is 0 Å². The standard InChI is InChI=1S/C17H23BFNO5S/c1-12(21)20-11-14(18-24-16(2,3)17(4,5)25-18)10-13-6-8-15(9-7-13)26(19,22)23/h6-10H,11H2,1-5H3,(H,20,21). The van der Waals surface area contributed by atoms with E-state index in [-0.39, 0.29) is 12.5 Å². The lowest BCUT2D eigenvalue weighted by molar-refractivity contribution is -0.118. The van der Waals surface area contributed by atoms with Crippen molar-refractivity contribution in [3.63, 3.8) is 0 Å². The van der Waals surface area contributed by atoms with E-state index >= 15 is 0 Å². The van der Waals surface area contributed by atoms with Crippen molar-refractivity contribution in [1.29, 1.82) is 0 Å². The second kappa shape index (κ2) is 7.13. The van der Waals surface area contributed by atoms with Crippen molar-refractivity contribution in [3.05, 3.63) is 35.3 Å². The molecule has 1 aliphatic rings. The van der Waals surface area contributed by atoms with Gasteiger partial charge in [-0.25, -0.2) is 0 Å². The molecule has 0 aromatic heterocycles. The molecule has 0 aliphatic carbocycles. The zero-order chi connectivity index (χ0) is 19.8. The van der Waals surface area contributed by atoms with E-state index in [2.05, 4.69) is 5.32 Å². The summed E-state index contributed by atoms with van der Waals surface area (Å²) in [6.07, 6.45) is 1.73. The molecule has 0 saturated carbocycles. The van der Waals surface area contributed by atoms with Crippen LogP contribution in [-0.2, 0) is 24.3 Å². The van der Waals surface area contributed by atoms with Crippen LogP contribution in [0.15, 0.2) is 34.6 Å². The van der Waals surface area contributed by atoms with Crippen molar-refractivity contribution in [3.8, 4) is 0 Å². The highest BCUT2D eigenvalue weighted by Gasteiger charge is 2.52. The highest BCUT2D eigenvalue weighted by molar-refractivity contribution is 7.86. The Kier molecular flexibility index (Phi) is 5.65. The van der Waals surface area contributed by atoms with Crippen molar-refractivity contribution in [2.24, 2.45) is 0 Å². The molecule has 1 heterocycles. The van der Waals surface area contributed by atoms with Gasteiger partial charge in [0.05, 0.1) is 16.1 Å². The van der Waals surface area contributed by atoms with E-state index in [1.165, 1.54) is 31.2 Å². The summed E-state index contributed by atoms with van der Waals surface area (Å²) in [5, 5.41) is 2.71. The maximum absolute atomic E-state index is 13.0. The molecule has 1 aliphatic heterocycles. The van der Waals surface area contributed by atoms with Crippen LogP contribution in [0.1, 0.15) is 40.2 Å². The number of carbonyl (C=O) groups is 1. The lowest BCUT2D eigenvalue weighted by atomic mass is 9.77. The van der Waals surface area contributed by atoms with E-state index in [9.17, 15) is 17.1 Å². The minimum absolute atomic E-state index is 0.203. The van der Waals surface area contributed by atoms with Gasteiger partial charge < -0.3 is 14.6 Å². The first-order chi connectivity index (χ1) is 11.8. The summed E-state index contributed by atoms with van der Waals surface area (Å²) >= 11 is 0. The zero-order valence-corrected chi connectivity index (χ0v) is 16.3. The van der Waals surface area contributed by atoms with Crippen LogP contribution < -0.4 is 5.32 Å². The van der Waals surface area contributed by atoms with Gasteiger partial charge in [-0.05, 0) is 50.9 Å². The van der Waals surface area contributed by atoms with E-state index in [1.54, 1.807) is 6.08 Å². The summed E-state index contributed by atoms with van der Waals surface area (Å²) in [6.45, 7) is 9.29. The molecule has 9 heteroatoms. The first-order valence-corrected chi connectivity index (χ1v) is 9.55. The minimum Gasteiger partial charge on any atom is -0.400 e. The van der Waals surface area contributed by atoms with Crippen molar-refractivity contribution < 1.29 is 26.4 Å². The first kappa shape index (κ1) is 20.6. The summed E-state index contributed by atoms with van der Waals surface area (Å²) in [5.74, 6) is -0.203. The fraction of sp³-hybridized carbons (Fsp3) is 0.471. The molecular weight excluding hydrogens is 360 g/mol. The van der Waals surface area contributed by atoms with Gasteiger partial charge in [-0.3, -0.25) is 4.79 Å². The number of nitrogens with one attached hydrogen (secondary N) is 1. The van der Waals surface area contributed by atoms with Crippen LogP contribution in [0.2, 0.25) is 0 Å². The molecule has 0 spiro atoms. The first-order valence-electron chi connectivity index (χ1n) is 8.17. The third kappa shape index (κ3) is 4.72. The number of carbonyl (C=O) groups excluding carboxylic acids is 1. The van der Waals surface area contributed by atoms with Crippen LogP contribution in [-0.4, -0.2) is 39.2 Å². The summed E-state index contributed by atoms with van der Waals surface area (Å²) in [5.41, 5.74) is 0.209. The predicted molar refractivity (Wildman–Crippen MR) is 97.5 cm³/mol. The molecule has 6 nitrogen and oxygen atoms in total. The summed E-state index contributed by atoms with van der Waals surface area (Å²) in [4.78, 5) is 10.9. The number of benzene rings is 1. The van der Waals surface area contributed by atoms with Gasteiger partial charge in [-0.2, -0.15) is 8.42 Å². The third-order valence-electron chi connectivity index (χ3n) is 4.61. The maximum atomic E-state index is 13.0. The Morgan fingerprint density at radius 1 is 1.15 bits per heavy atom. The lowest BCUT2D eigenvalue weighted by Gasteiger charge is -2.32. The van der Waals surface area contributed by atoms with Crippen molar-refractivity contribution in [2.45, 2.75) is 50.7 Å². The molecule has 1 saturated heterocycles. The van der Waals surface area contributed by atoms with E-state index in [0.717, 1.165) is 0 Å². The average molecular weight is 383 g/mol. The highest BCUT2D eigenvalue weighted by atomic mass is 32.3. The minimum atomic E-state index is -4.74. The molecular formula is C17H23BFNO5S. The largest absolute Gasteiger partial charge is 0.492 e. The molecule has 1 N–H and O–H groups in total. The fourth-order valence-electron chi connectivity index (χ4n) is 2.36. The Labute approximate surface area is 154 Å². The molecule has 0 unspecified atom stereocenters. The SMILES string of the molecule is CC(=O)NCC(=Cc1ccc(S(=O)(=O)F)cc1)B1OC(C)(C)C(C)(C)O1. The maximum Gasteiger partial charge on any atom is 0.492 e. The van der Waals surface area contributed by atoms with Crippen molar-refractivity contribution in [2.75, 3.05) is 6.54 Å². The van der Waals surface area contributed by atoms with E-state index in [0.29, 0.717) is 11.0 Å². The molecule has 1 aromatic carbocycles. The number of hydrogen-bond donors (Lipinski definition) is 1. The number of halogens is 1. The van der Waals surface area contributed by atoms with Gasteiger partial charge in [0.15, 0.2) is 0 Å². The normalized spacial score (nSPS) is 19.5. The van der Waals surface area contributed by atoms with Gasteiger partial charge in [0.25, 0.3) is 0 Å². The fourth-order valence-corrected chi connectivity index (χ4v) is 2.83. The number of amides is 1. The molecule has 1 fully saturated rings. The molecule has 142 valence electrons. The molecule has 26 heavy (non-hydrogen) atoms. The molecule has 0 bridgehead atoms. The van der Waals surface area contributed by atoms with Gasteiger partial charge in [0.2, 0.25) is 5.91 Å². The summed E-state index contributed by atoms with van der Waals surface area (Å²) < 4.78 is 46.9. The van der Waals surface area contributed by atoms with Gasteiger partial charge in [-0.15, -0.1) is 3.89 Å². The Bertz CT molecular complexity index is 802. The number of hydrogen-bond acceptors (Lipinski definition) is 5. The van der Waals surface area contributed by atoms with E-state index in [4.69, 9.17) is 9.31 Å². The molecule has 0 radical (unpaired) electrons. The van der Waals surface area contributed by atoms with Crippen LogP contribution >= 0.6 is 0 Å². The van der Waals surface area contributed by atoms with Gasteiger partial charge >= 0.3 is 17.3 Å².